The molecule has 1 atom stereocenters. The molecule has 12 heteroatoms. The number of carbonyl (C=O) groups is 2. The summed E-state index contributed by atoms with van der Waals surface area (Å²) in [5.41, 5.74) is 1.21. The number of halogens is 2. The summed E-state index contributed by atoms with van der Waals surface area (Å²) in [5.74, 6) is -1.98. The number of carbonyl (C=O) groups excluding carboxylic acids is 2. The lowest BCUT2D eigenvalue weighted by Crippen LogP contribution is -2.53. The molecule has 0 fully saturated rings. The number of para-hydroxylation sites is 1. The highest BCUT2D eigenvalue weighted by Gasteiger charge is 2.66. The average Bonchev–Trinajstić information content (AvgIpc) is 3.72. The van der Waals surface area contributed by atoms with Gasteiger partial charge >= 0.3 is 0 Å². The Morgan fingerprint density at radius 1 is 0.896 bits per heavy atom. The van der Waals surface area contributed by atoms with E-state index in [4.69, 9.17) is 4.42 Å². The van der Waals surface area contributed by atoms with Crippen molar-refractivity contribution >= 4 is 56.7 Å². The van der Waals surface area contributed by atoms with Gasteiger partial charge in [0.1, 0.15) is 17.2 Å². The average molecular weight is 679 g/mol. The molecular weight excluding hydrogens is 655 g/mol. The minimum Gasteiger partial charge on any atom is -0.450 e. The molecule has 2 aromatic heterocycles. The first-order valence-electron chi connectivity index (χ1n) is 15.0. The SMILES string of the molecule is Cc1cc2oc3c(c(=O)c2cc1C)C1(C(=O)N(Cc2ccccc2F)c2ccccc21)N(c1nnc(SCc2ccc(F)cc2)s1)C3=O. The van der Waals surface area contributed by atoms with Crippen LogP contribution in [0.25, 0.3) is 11.0 Å². The Balaban J connectivity index is 1.33. The predicted octanol–water partition coefficient (Wildman–Crippen LogP) is 7.28. The lowest BCUT2D eigenvalue weighted by molar-refractivity contribution is -0.121. The molecule has 4 aromatic carbocycles. The number of anilines is 2. The number of rotatable bonds is 6. The number of aryl methyl sites for hydroxylation is 2. The molecule has 1 spiro atoms. The van der Waals surface area contributed by atoms with E-state index in [-0.39, 0.29) is 45.3 Å². The third kappa shape index (κ3) is 4.43. The van der Waals surface area contributed by atoms with E-state index < -0.39 is 28.6 Å². The van der Waals surface area contributed by atoms with Gasteiger partial charge in [-0.3, -0.25) is 19.3 Å². The number of benzene rings is 4. The molecule has 0 bridgehead atoms. The van der Waals surface area contributed by atoms with Crippen molar-refractivity contribution in [3.05, 3.63) is 146 Å². The van der Waals surface area contributed by atoms with Gasteiger partial charge in [-0.1, -0.05) is 71.6 Å². The first kappa shape index (κ1) is 30.2. The van der Waals surface area contributed by atoms with Crippen molar-refractivity contribution in [3.63, 3.8) is 0 Å². The van der Waals surface area contributed by atoms with Crippen molar-refractivity contribution in [2.24, 2.45) is 0 Å². The molecule has 48 heavy (non-hydrogen) atoms. The van der Waals surface area contributed by atoms with Gasteiger partial charge in [-0.15, -0.1) is 10.2 Å². The number of hydrogen-bond donors (Lipinski definition) is 0. The van der Waals surface area contributed by atoms with E-state index in [1.807, 2.05) is 13.8 Å². The van der Waals surface area contributed by atoms with Crippen molar-refractivity contribution in [1.29, 1.82) is 0 Å². The highest BCUT2D eigenvalue weighted by molar-refractivity contribution is 8.00. The summed E-state index contributed by atoms with van der Waals surface area (Å²) in [4.78, 5) is 46.9. The smallest absolute Gasteiger partial charge is 0.297 e. The molecule has 8 nitrogen and oxygen atoms in total. The van der Waals surface area contributed by atoms with Gasteiger partial charge in [0.2, 0.25) is 10.9 Å². The summed E-state index contributed by atoms with van der Waals surface area (Å²) >= 11 is 2.42. The number of nitrogens with zero attached hydrogens (tertiary/aromatic N) is 4. The van der Waals surface area contributed by atoms with Crippen LogP contribution >= 0.6 is 23.1 Å². The summed E-state index contributed by atoms with van der Waals surface area (Å²) in [6, 6.07) is 22.5. The second-order valence-electron chi connectivity index (χ2n) is 11.7. The lowest BCUT2D eigenvalue weighted by atomic mass is 9.84. The third-order valence-electron chi connectivity index (χ3n) is 8.89. The Hall–Kier alpha value is -5.20. The van der Waals surface area contributed by atoms with Gasteiger partial charge in [0, 0.05) is 16.9 Å². The van der Waals surface area contributed by atoms with E-state index in [1.54, 1.807) is 66.7 Å². The molecule has 1 unspecified atom stereocenters. The van der Waals surface area contributed by atoms with Gasteiger partial charge in [0.15, 0.2) is 15.3 Å². The summed E-state index contributed by atoms with van der Waals surface area (Å²) in [6.45, 7) is 3.60. The first-order valence-corrected chi connectivity index (χ1v) is 16.8. The maximum Gasteiger partial charge on any atom is 0.297 e. The van der Waals surface area contributed by atoms with Crippen molar-refractivity contribution in [2.45, 2.75) is 36.0 Å². The molecule has 8 rings (SSSR count). The van der Waals surface area contributed by atoms with Crippen LogP contribution in [0.4, 0.5) is 19.6 Å². The van der Waals surface area contributed by atoms with Crippen LogP contribution in [0.2, 0.25) is 0 Å². The molecule has 0 N–H and O–H groups in total. The highest BCUT2D eigenvalue weighted by atomic mass is 32.2. The fourth-order valence-corrected chi connectivity index (χ4v) is 8.30. The molecule has 0 aliphatic carbocycles. The number of hydrogen-bond acceptors (Lipinski definition) is 8. The van der Waals surface area contributed by atoms with E-state index in [1.165, 1.54) is 39.8 Å². The number of thioether (sulfide) groups is 1. The van der Waals surface area contributed by atoms with Crippen LogP contribution in [0.15, 0.2) is 98.5 Å². The van der Waals surface area contributed by atoms with Crippen LogP contribution in [0.1, 0.15) is 43.9 Å². The number of fused-ring (bicyclic) bond motifs is 5. The quantitative estimate of drug-likeness (QED) is 0.135. The van der Waals surface area contributed by atoms with Crippen LogP contribution in [0.3, 0.4) is 0 Å². The molecule has 2 aliphatic heterocycles. The molecule has 0 radical (unpaired) electrons. The minimum atomic E-state index is -2.00. The van der Waals surface area contributed by atoms with E-state index in [0.717, 1.165) is 28.0 Å². The third-order valence-corrected chi connectivity index (χ3v) is 11.0. The summed E-state index contributed by atoms with van der Waals surface area (Å²) in [5, 5.41) is 8.97. The summed E-state index contributed by atoms with van der Waals surface area (Å²) in [7, 11) is 0. The molecule has 2 amide bonds. The molecule has 4 heterocycles. The molecule has 238 valence electrons. The van der Waals surface area contributed by atoms with Crippen molar-refractivity contribution in [3.8, 4) is 0 Å². The van der Waals surface area contributed by atoms with Crippen LogP contribution in [0, 0.1) is 25.5 Å². The maximum atomic E-state index is 15.1. The Kier molecular flexibility index (Phi) is 7.04. The Morgan fingerprint density at radius 3 is 2.42 bits per heavy atom. The minimum absolute atomic E-state index is 0.0831. The zero-order valence-electron chi connectivity index (χ0n) is 25.5. The van der Waals surface area contributed by atoms with Gasteiger partial charge in [-0.2, -0.15) is 0 Å². The van der Waals surface area contributed by atoms with Crippen LogP contribution in [-0.4, -0.2) is 22.0 Å². The standard InChI is InChI=1S/C36H24F2N4O4S2/c1-19-15-24-28(16-20(19)2)46-31-29(30(24)43)36(25-8-4-6-10-27(25)41(33(36)45)17-22-7-3-5-9-26(22)38)42(32(31)44)34-39-40-35(48-34)47-18-21-11-13-23(37)14-12-21/h3-16H,17-18H2,1-2H3. The van der Waals surface area contributed by atoms with Gasteiger partial charge in [0.25, 0.3) is 11.8 Å². The second-order valence-corrected chi connectivity index (χ2v) is 13.9. The van der Waals surface area contributed by atoms with Crippen molar-refractivity contribution < 1.29 is 22.8 Å². The Labute approximate surface area is 280 Å². The Bertz CT molecular complexity index is 2380. The fraction of sp³-hybridized carbons (Fsp3) is 0.139. The molecule has 0 saturated carbocycles. The van der Waals surface area contributed by atoms with E-state index in [0.29, 0.717) is 21.3 Å². The topological polar surface area (TPSA) is 96.6 Å². The largest absolute Gasteiger partial charge is 0.450 e. The normalized spacial score (nSPS) is 16.8. The second kappa shape index (κ2) is 11.2. The lowest BCUT2D eigenvalue weighted by Gasteiger charge is -2.32. The van der Waals surface area contributed by atoms with Gasteiger partial charge < -0.3 is 9.32 Å². The molecule has 6 aromatic rings. The fourth-order valence-electron chi connectivity index (χ4n) is 6.45. The van der Waals surface area contributed by atoms with Gasteiger partial charge in [-0.25, -0.2) is 8.78 Å². The summed E-state index contributed by atoms with van der Waals surface area (Å²) < 4.78 is 35.1. The van der Waals surface area contributed by atoms with Crippen LogP contribution in [0.5, 0.6) is 0 Å². The van der Waals surface area contributed by atoms with Crippen molar-refractivity contribution in [2.75, 3.05) is 9.80 Å². The summed E-state index contributed by atoms with van der Waals surface area (Å²) in [6.07, 6.45) is 0. The van der Waals surface area contributed by atoms with Crippen LogP contribution < -0.4 is 15.2 Å². The molecule has 0 saturated heterocycles. The number of aromatic nitrogens is 2. The molecular formula is C36H24F2N4O4S2. The Morgan fingerprint density at radius 2 is 1.62 bits per heavy atom. The van der Waals surface area contributed by atoms with Crippen LogP contribution in [-0.2, 0) is 22.6 Å². The number of amides is 2. The predicted molar refractivity (Wildman–Crippen MR) is 179 cm³/mol. The zero-order chi connectivity index (χ0) is 33.3. The van der Waals surface area contributed by atoms with E-state index in [2.05, 4.69) is 10.2 Å². The van der Waals surface area contributed by atoms with Crippen molar-refractivity contribution in [1.82, 2.24) is 10.2 Å². The monoisotopic (exact) mass is 678 g/mol. The van der Waals surface area contributed by atoms with Gasteiger partial charge in [0.05, 0.1) is 23.2 Å². The highest BCUT2D eigenvalue weighted by Crippen LogP contribution is 2.55. The van der Waals surface area contributed by atoms with E-state index >= 15 is 4.79 Å². The maximum absolute atomic E-state index is 15.1. The van der Waals surface area contributed by atoms with E-state index in [9.17, 15) is 18.4 Å². The van der Waals surface area contributed by atoms with Gasteiger partial charge in [-0.05, 0) is 66.9 Å². The first-order chi connectivity index (χ1) is 23.2. The zero-order valence-corrected chi connectivity index (χ0v) is 27.1. The molecule has 2 aliphatic rings.